The molecule has 0 aromatic carbocycles. The zero-order valence-electron chi connectivity index (χ0n) is 12.4. The second-order valence-corrected chi connectivity index (χ2v) is 5.75. The Morgan fingerprint density at radius 1 is 1.17 bits per heavy atom. The van der Waals surface area contributed by atoms with Crippen LogP contribution < -0.4 is 15.5 Å². The summed E-state index contributed by atoms with van der Waals surface area (Å²) in [5, 5.41) is 0. The Morgan fingerprint density at radius 3 is 2.22 bits per heavy atom. The second-order valence-electron chi connectivity index (χ2n) is 5.75. The van der Waals surface area contributed by atoms with E-state index in [1.54, 1.807) is 0 Å². The fourth-order valence-electron chi connectivity index (χ4n) is 1.75. The van der Waals surface area contributed by atoms with Crippen LogP contribution >= 0.6 is 0 Å². The summed E-state index contributed by atoms with van der Waals surface area (Å²) in [6, 6.07) is 2.00. The van der Waals surface area contributed by atoms with E-state index >= 15 is 0 Å². The maximum atomic E-state index is 5.77. The molecule has 1 aromatic heterocycles. The summed E-state index contributed by atoms with van der Waals surface area (Å²) in [7, 11) is 6.00. The van der Waals surface area contributed by atoms with Gasteiger partial charge in [-0.2, -0.15) is 0 Å². The van der Waals surface area contributed by atoms with E-state index in [0.717, 1.165) is 24.0 Å². The minimum absolute atomic E-state index is 0.0753. The van der Waals surface area contributed by atoms with Crippen LogP contribution in [0.4, 0.5) is 11.6 Å². The largest absolute Gasteiger partial charge is 0.363 e. The molecule has 0 aliphatic carbocycles. The highest BCUT2D eigenvalue weighted by Gasteiger charge is 2.19. The van der Waals surface area contributed by atoms with Gasteiger partial charge in [-0.05, 0) is 18.9 Å². The third kappa shape index (κ3) is 3.84. The van der Waals surface area contributed by atoms with Crippen LogP contribution in [0.25, 0.3) is 0 Å². The van der Waals surface area contributed by atoms with E-state index in [0.29, 0.717) is 6.54 Å². The molecule has 102 valence electrons. The number of anilines is 2. The molecule has 18 heavy (non-hydrogen) atoms. The SMILES string of the molecule is Cc1nc(N(C)C)cc(N(C)CC(C)(C)CN)n1. The normalized spacial score (nSPS) is 11.5. The van der Waals surface area contributed by atoms with Crippen LogP contribution in [0.1, 0.15) is 19.7 Å². The lowest BCUT2D eigenvalue weighted by atomic mass is 9.93. The van der Waals surface area contributed by atoms with E-state index in [2.05, 4.69) is 28.7 Å². The molecule has 0 unspecified atom stereocenters. The zero-order chi connectivity index (χ0) is 13.9. The van der Waals surface area contributed by atoms with Gasteiger partial charge < -0.3 is 15.5 Å². The van der Waals surface area contributed by atoms with Gasteiger partial charge in [0.1, 0.15) is 17.5 Å². The highest BCUT2D eigenvalue weighted by Crippen LogP contribution is 2.21. The zero-order valence-corrected chi connectivity index (χ0v) is 12.4. The first-order chi connectivity index (χ1) is 8.25. The Morgan fingerprint density at radius 2 is 1.72 bits per heavy atom. The van der Waals surface area contributed by atoms with Crippen molar-refractivity contribution < 1.29 is 0 Å². The molecule has 0 aliphatic rings. The Kier molecular flexibility index (Phi) is 4.51. The van der Waals surface area contributed by atoms with E-state index in [-0.39, 0.29) is 5.41 Å². The Hall–Kier alpha value is -1.36. The van der Waals surface area contributed by atoms with Crippen molar-refractivity contribution in [1.29, 1.82) is 0 Å². The molecule has 0 atom stereocenters. The van der Waals surface area contributed by atoms with Gasteiger partial charge in [0.15, 0.2) is 0 Å². The predicted octanol–water partition coefficient (Wildman–Crippen LogP) is 1.27. The highest BCUT2D eigenvalue weighted by molar-refractivity contribution is 5.49. The number of hydrogen-bond donors (Lipinski definition) is 1. The number of nitrogens with two attached hydrogens (primary N) is 1. The smallest absolute Gasteiger partial charge is 0.134 e. The van der Waals surface area contributed by atoms with Crippen LogP contribution in [0, 0.1) is 12.3 Å². The number of nitrogens with zero attached hydrogens (tertiary/aromatic N) is 4. The molecule has 0 fully saturated rings. The van der Waals surface area contributed by atoms with Gasteiger partial charge in [0.25, 0.3) is 0 Å². The highest BCUT2D eigenvalue weighted by atomic mass is 15.2. The summed E-state index contributed by atoms with van der Waals surface area (Å²) < 4.78 is 0. The van der Waals surface area contributed by atoms with Crippen molar-refractivity contribution >= 4 is 11.6 Å². The molecule has 1 aromatic rings. The second kappa shape index (κ2) is 5.52. The number of rotatable bonds is 5. The summed E-state index contributed by atoms with van der Waals surface area (Å²) in [6.45, 7) is 7.75. The van der Waals surface area contributed by atoms with Crippen LogP contribution in [-0.2, 0) is 0 Å². The molecule has 0 amide bonds. The molecule has 2 N–H and O–H groups in total. The summed E-state index contributed by atoms with van der Waals surface area (Å²) in [5.41, 5.74) is 5.85. The molecule has 0 saturated heterocycles. The lowest BCUT2D eigenvalue weighted by Crippen LogP contribution is -2.37. The molecule has 0 aliphatic heterocycles. The topological polar surface area (TPSA) is 58.3 Å². The minimum atomic E-state index is 0.0753. The average molecular weight is 251 g/mol. The predicted molar refractivity (Wildman–Crippen MR) is 77.2 cm³/mol. The molecule has 0 saturated carbocycles. The van der Waals surface area contributed by atoms with Crippen LogP contribution in [0.5, 0.6) is 0 Å². The van der Waals surface area contributed by atoms with Gasteiger partial charge in [0.05, 0.1) is 0 Å². The van der Waals surface area contributed by atoms with Crippen molar-refractivity contribution in [1.82, 2.24) is 9.97 Å². The number of hydrogen-bond acceptors (Lipinski definition) is 5. The quantitative estimate of drug-likeness (QED) is 0.854. The van der Waals surface area contributed by atoms with E-state index in [9.17, 15) is 0 Å². The summed E-state index contributed by atoms with van der Waals surface area (Å²) in [5.74, 6) is 2.65. The standard InChI is InChI=1S/C13H25N5/c1-10-15-11(17(4)5)7-12(16-10)18(6)9-13(2,3)8-14/h7H,8-9,14H2,1-6H3. The molecule has 0 spiro atoms. The fourth-order valence-corrected chi connectivity index (χ4v) is 1.75. The van der Waals surface area contributed by atoms with Gasteiger partial charge in [-0.3, -0.25) is 0 Å². The van der Waals surface area contributed by atoms with Gasteiger partial charge in [0, 0.05) is 33.8 Å². The van der Waals surface area contributed by atoms with Crippen molar-refractivity contribution in [3.05, 3.63) is 11.9 Å². The molecule has 1 heterocycles. The van der Waals surface area contributed by atoms with E-state index in [4.69, 9.17) is 5.73 Å². The van der Waals surface area contributed by atoms with Gasteiger partial charge in [0.2, 0.25) is 0 Å². The first kappa shape index (κ1) is 14.7. The van der Waals surface area contributed by atoms with Crippen LogP contribution in [0.15, 0.2) is 6.07 Å². The van der Waals surface area contributed by atoms with Crippen molar-refractivity contribution in [2.75, 3.05) is 44.0 Å². The maximum absolute atomic E-state index is 5.77. The van der Waals surface area contributed by atoms with Crippen LogP contribution in [-0.4, -0.2) is 44.2 Å². The van der Waals surface area contributed by atoms with Crippen molar-refractivity contribution in [2.45, 2.75) is 20.8 Å². The average Bonchev–Trinajstić information content (AvgIpc) is 2.27. The van der Waals surface area contributed by atoms with Crippen LogP contribution in [0.3, 0.4) is 0 Å². The Bertz CT molecular complexity index is 400. The molecule has 5 nitrogen and oxygen atoms in total. The molecule has 5 heteroatoms. The van der Waals surface area contributed by atoms with Gasteiger partial charge in [-0.15, -0.1) is 0 Å². The summed E-state index contributed by atoms with van der Waals surface area (Å²) in [6.07, 6.45) is 0. The van der Waals surface area contributed by atoms with Crippen molar-refractivity contribution in [3.8, 4) is 0 Å². The lowest BCUT2D eigenvalue weighted by molar-refractivity contribution is 0.384. The van der Waals surface area contributed by atoms with Crippen molar-refractivity contribution in [2.24, 2.45) is 11.1 Å². The molecular formula is C13H25N5. The van der Waals surface area contributed by atoms with Gasteiger partial charge in [-0.1, -0.05) is 13.8 Å². The third-order valence-electron chi connectivity index (χ3n) is 2.88. The Balaban J connectivity index is 2.95. The molecule has 0 radical (unpaired) electrons. The minimum Gasteiger partial charge on any atom is -0.363 e. The first-order valence-corrected chi connectivity index (χ1v) is 6.19. The summed E-state index contributed by atoms with van der Waals surface area (Å²) in [4.78, 5) is 13.0. The lowest BCUT2D eigenvalue weighted by Gasteiger charge is -2.30. The van der Waals surface area contributed by atoms with E-state index in [1.807, 2.05) is 39.0 Å². The van der Waals surface area contributed by atoms with E-state index < -0.39 is 0 Å². The number of aromatic nitrogens is 2. The molecule has 1 rings (SSSR count). The third-order valence-corrected chi connectivity index (χ3v) is 2.88. The number of aryl methyl sites for hydroxylation is 1. The monoisotopic (exact) mass is 251 g/mol. The maximum Gasteiger partial charge on any atom is 0.134 e. The fraction of sp³-hybridized carbons (Fsp3) is 0.692. The summed E-state index contributed by atoms with van der Waals surface area (Å²) >= 11 is 0. The van der Waals surface area contributed by atoms with Gasteiger partial charge >= 0.3 is 0 Å². The van der Waals surface area contributed by atoms with Crippen LogP contribution in [0.2, 0.25) is 0 Å². The van der Waals surface area contributed by atoms with E-state index in [1.165, 1.54) is 0 Å². The van der Waals surface area contributed by atoms with Gasteiger partial charge in [-0.25, -0.2) is 9.97 Å². The Labute approximate surface area is 110 Å². The molecular weight excluding hydrogens is 226 g/mol. The first-order valence-electron chi connectivity index (χ1n) is 6.19. The van der Waals surface area contributed by atoms with Crippen molar-refractivity contribution in [3.63, 3.8) is 0 Å². The molecule has 0 bridgehead atoms.